The molecule has 7 fully saturated rings. The second-order valence-corrected chi connectivity index (χ2v) is 15.5. The maximum Gasteiger partial charge on any atom is 0.0561 e. The summed E-state index contributed by atoms with van der Waals surface area (Å²) in [5.41, 5.74) is 9.43. The zero-order valence-corrected chi connectivity index (χ0v) is 26.3. The molecule has 0 spiro atoms. The smallest absolute Gasteiger partial charge is 0.0561 e. The van der Waals surface area contributed by atoms with Crippen LogP contribution in [0.15, 0.2) is 127 Å². The van der Waals surface area contributed by atoms with Crippen LogP contribution in [0.2, 0.25) is 0 Å². The van der Waals surface area contributed by atoms with Gasteiger partial charge in [-0.2, -0.15) is 0 Å². The van der Waals surface area contributed by atoms with Crippen LogP contribution in [0, 0.1) is 41.4 Å². The van der Waals surface area contributed by atoms with Gasteiger partial charge in [0.15, 0.2) is 0 Å². The van der Waals surface area contributed by atoms with Crippen molar-refractivity contribution in [1.29, 1.82) is 0 Å². The van der Waals surface area contributed by atoms with E-state index in [4.69, 9.17) is 0 Å². The van der Waals surface area contributed by atoms with Crippen molar-refractivity contribution in [3.63, 3.8) is 0 Å². The predicted molar refractivity (Wildman–Crippen MR) is 189 cm³/mol. The maximum atomic E-state index is 2.57. The summed E-state index contributed by atoms with van der Waals surface area (Å²) in [5, 5.41) is 2.62. The molecule has 0 radical (unpaired) electrons. The zero-order valence-electron chi connectivity index (χ0n) is 26.3. The zero-order chi connectivity index (χ0) is 30.0. The molecule has 13 rings (SSSR count). The molecule has 7 aliphatic rings. The maximum absolute atomic E-state index is 2.57. The summed E-state index contributed by atoms with van der Waals surface area (Å²) in [4.78, 5) is 2.38. The number of nitrogens with zero attached hydrogens (tertiary/aromatic N) is 2. The van der Waals surface area contributed by atoms with Gasteiger partial charge in [0.05, 0.1) is 11.0 Å². The summed E-state index contributed by atoms with van der Waals surface area (Å²) in [6.07, 6.45) is 9.12. The van der Waals surface area contributed by atoms with Gasteiger partial charge >= 0.3 is 0 Å². The van der Waals surface area contributed by atoms with E-state index in [0.717, 1.165) is 41.4 Å². The average molecular weight is 597 g/mol. The van der Waals surface area contributed by atoms with Crippen LogP contribution >= 0.6 is 0 Å². The summed E-state index contributed by atoms with van der Waals surface area (Å²) < 4.78 is 2.52. The summed E-state index contributed by atoms with van der Waals surface area (Å²) in [7, 11) is 0. The minimum Gasteiger partial charge on any atom is -0.310 e. The topological polar surface area (TPSA) is 8.17 Å². The Bertz CT molecular complexity index is 2050. The monoisotopic (exact) mass is 596 g/mol. The number of benzene rings is 5. The summed E-state index contributed by atoms with van der Waals surface area (Å²) in [6.45, 7) is 0. The van der Waals surface area contributed by atoms with Crippen LogP contribution in [0.1, 0.15) is 44.1 Å². The van der Waals surface area contributed by atoms with E-state index in [1.807, 2.05) is 0 Å². The van der Waals surface area contributed by atoms with Crippen molar-refractivity contribution in [1.82, 2.24) is 4.57 Å². The third-order valence-corrected chi connectivity index (χ3v) is 13.7. The number of rotatable bonds is 5. The van der Waals surface area contributed by atoms with Gasteiger partial charge in [-0.1, -0.05) is 72.8 Å². The third-order valence-electron chi connectivity index (χ3n) is 13.7. The van der Waals surface area contributed by atoms with Crippen LogP contribution in [0.3, 0.4) is 0 Å². The van der Waals surface area contributed by atoms with Gasteiger partial charge in [-0.3, -0.25) is 0 Å². The average Bonchev–Trinajstić information content (AvgIpc) is 3.45. The number of hydrogen-bond acceptors (Lipinski definition) is 1. The van der Waals surface area contributed by atoms with Gasteiger partial charge in [0.1, 0.15) is 0 Å². The lowest BCUT2D eigenvalue weighted by molar-refractivity contribution is -0.220. The molecule has 2 heteroatoms. The molecule has 1 aromatic heterocycles. The molecule has 2 nitrogen and oxygen atoms in total. The van der Waals surface area contributed by atoms with Crippen LogP contribution < -0.4 is 4.90 Å². The van der Waals surface area contributed by atoms with Crippen molar-refractivity contribution >= 4 is 38.9 Å². The standard InChI is InChI=1S/C44H40N2/c1-3-9-31(10-4-1)45(32-11-5-2-6-12-32)34-19-20-36-35-13-7-8-14-42(35)46(43(36)26-34)33-17-15-30(16-18-33)44-27-29-22-38-37-21-28(24-40(38)44)25-41(44)39(37)23-29/h1-20,26,28-29,37-41H,21-25,27H2. The van der Waals surface area contributed by atoms with Crippen LogP contribution in [0.5, 0.6) is 0 Å². The van der Waals surface area contributed by atoms with E-state index < -0.39 is 0 Å². The lowest BCUT2D eigenvalue weighted by Crippen LogP contribution is -2.69. The molecule has 46 heavy (non-hydrogen) atoms. The number of aromatic nitrogens is 1. The molecule has 4 unspecified atom stereocenters. The third kappa shape index (κ3) is 3.38. The van der Waals surface area contributed by atoms with Crippen molar-refractivity contribution in [2.24, 2.45) is 41.4 Å². The SMILES string of the molecule is c1ccc(N(c2ccccc2)c2ccc3c4ccccc4n(-c4ccc(C56CC7CC8C9CC(CC85)CC6C9C7)cc4)c3c2)cc1. The summed E-state index contributed by atoms with van der Waals surface area (Å²) in [5.74, 6) is 6.95. The Labute approximate surface area is 271 Å². The van der Waals surface area contributed by atoms with E-state index in [-0.39, 0.29) is 0 Å². The van der Waals surface area contributed by atoms with Gasteiger partial charge in [-0.15, -0.1) is 0 Å². The van der Waals surface area contributed by atoms with Crippen LogP contribution in [0.4, 0.5) is 17.1 Å². The highest BCUT2D eigenvalue weighted by Gasteiger charge is 2.70. The van der Waals surface area contributed by atoms with Crippen molar-refractivity contribution in [2.45, 2.75) is 43.9 Å². The Morgan fingerprint density at radius 3 is 1.80 bits per heavy atom. The molecular formula is C44H40N2. The van der Waals surface area contributed by atoms with Crippen molar-refractivity contribution in [2.75, 3.05) is 4.90 Å². The van der Waals surface area contributed by atoms with Crippen molar-refractivity contribution in [3.05, 3.63) is 133 Å². The lowest BCUT2D eigenvalue weighted by atomic mass is 9.30. The molecule has 0 saturated heterocycles. The molecule has 6 aromatic rings. The second-order valence-electron chi connectivity index (χ2n) is 15.5. The fraction of sp³-hybridized carbons (Fsp3) is 0.318. The molecule has 8 bridgehead atoms. The first kappa shape index (κ1) is 25.8. The minimum absolute atomic E-state index is 0.447. The van der Waals surface area contributed by atoms with Crippen LogP contribution in [0.25, 0.3) is 27.5 Å². The number of anilines is 3. The minimum atomic E-state index is 0.447. The van der Waals surface area contributed by atoms with E-state index in [2.05, 4.69) is 137 Å². The summed E-state index contributed by atoms with van der Waals surface area (Å²) >= 11 is 0. The Kier molecular flexibility index (Phi) is 5.27. The van der Waals surface area contributed by atoms with Crippen molar-refractivity contribution < 1.29 is 0 Å². The van der Waals surface area contributed by atoms with Gasteiger partial charge in [0, 0.05) is 38.9 Å². The fourth-order valence-corrected chi connectivity index (χ4v) is 12.4. The highest BCUT2D eigenvalue weighted by atomic mass is 15.1. The summed E-state index contributed by atoms with van der Waals surface area (Å²) in [6, 6.07) is 47.6. The Morgan fingerprint density at radius 1 is 0.500 bits per heavy atom. The van der Waals surface area contributed by atoms with Gasteiger partial charge in [-0.05, 0) is 140 Å². The highest BCUT2D eigenvalue weighted by Crippen LogP contribution is 2.76. The van der Waals surface area contributed by atoms with Crippen molar-refractivity contribution in [3.8, 4) is 5.69 Å². The molecule has 4 atom stereocenters. The molecule has 0 amide bonds. The highest BCUT2D eigenvalue weighted by molar-refractivity contribution is 6.10. The Morgan fingerprint density at radius 2 is 1.11 bits per heavy atom. The molecule has 226 valence electrons. The molecular weight excluding hydrogens is 556 g/mol. The van der Waals surface area contributed by atoms with Gasteiger partial charge in [0.2, 0.25) is 0 Å². The molecule has 5 aromatic carbocycles. The molecule has 7 saturated carbocycles. The van der Waals surface area contributed by atoms with E-state index in [0.29, 0.717) is 5.41 Å². The number of para-hydroxylation sites is 3. The molecule has 7 aliphatic carbocycles. The fourth-order valence-electron chi connectivity index (χ4n) is 12.4. The second kappa shape index (κ2) is 9.38. The first-order valence-corrected chi connectivity index (χ1v) is 17.8. The van der Waals surface area contributed by atoms with E-state index in [1.54, 1.807) is 12.0 Å². The number of hydrogen-bond donors (Lipinski definition) is 0. The van der Waals surface area contributed by atoms with E-state index in [9.17, 15) is 0 Å². The van der Waals surface area contributed by atoms with Gasteiger partial charge in [0.25, 0.3) is 0 Å². The van der Waals surface area contributed by atoms with E-state index in [1.165, 1.54) is 76.7 Å². The Balaban J connectivity index is 1.06. The quantitative estimate of drug-likeness (QED) is 0.192. The molecule has 1 heterocycles. The molecule has 0 aliphatic heterocycles. The lowest BCUT2D eigenvalue weighted by Gasteiger charge is -2.74. The Hall–Kier alpha value is -4.30. The largest absolute Gasteiger partial charge is 0.310 e. The number of fused-ring (bicyclic) bond motifs is 3. The first-order chi connectivity index (χ1) is 22.8. The van der Waals surface area contributed by atoms with E-state index >= 15 is 0 Å². The first-order valence-electron chi connectivity index (χ1n) is 17.8. The van der Waals surface area contributed by atoms with Crippen LogP contribution in [-0.2, 0) is 5.41 Å². The molecule has 0 N–H and O–H groups in total. The van der Waals surface area contributed by atoms with Crippen LogP contribution in [-0.4, -0.2) is 4.57 Å². The predicted octanol–water partition coefficient (Wildman–Crippen LogP) is 11.2. The van der Waals surface area contributed by atoms with Gasteiger partial charge < -0.3 is 9.47 Å². The normalized spacial score (nSPS) is 31.7. The van der Waals surface area contributed by atoms with Gasteiger partial charge in [-0.25, -0.2) is 0 Å².